The van der Waals surface area contributed by atoms with Crippen molar-refractivity contribution < 1.29 is 10.2 Å². The van der Waals surface area contributed by atoms with Gasteiger partial charge in [-0.15, -0.1) is 0 Å². The lowest BCUT2D eigenvalue weighted by Crippen LogP contribution is -2.21. The minimum Gasteiger partial charge on any atom is -0.399 e. The van der Waals surface area contributed by atoms with Gasteiger partial charge in [0.05, 0.1) is 12.6 Å². The number of benzene rings is 1. The molecule has 0 saturated carbocycles. The van der Waals surface area contributed by atoms with Gasteiger partial charge in [0.2, 0.25) is 0 Å². The number of anilines is 1. The molecule has 0 spiro atoms. The van der Waals surface area contributed by atoms with Crippen molar-refractivity contribution in [2.24, 2.45) is 5.11 Å². The van der Waals surface area contributed by atoms with E-state index in [0.29, 0.717) is 11.3 Å². The molecule has 2 atom stereocenters. The van der Waals surface area contributed by atoms with Gasteiger partial charge in [-0.3, -0.25) is 0 Å². The summed E-state index contributed by atoms with van der Waals surface area (Å²) in [6, 6.07) is 5.06. The largest absolute Gasteiger partial charge is 0.399 e. The first-order valence-electron chi connectivity index (χ1n) is 4.78. The average Bonchev–Trinajstić information content (AvgIpc) is 2.23. The molecule has 1 aromatic carbocycles. The van der Waals surface area contributed by atoms with Crippen molar-refractivity contribution >= 4 is 5.69 Å². The molecule has 0 aromatic heterocycles. The van der Waals surface area contributed by atoms with Gasteiger partial charge in [0.25, 0.3) is 0 Å². The number of nitrogen functional groups attached to an aromatic ring is 1. The van der Waals surface area contributed by atoms with Crippen LogP contribution in [-0.4, -0.2) is 22.9 Å². The van der Waals surface area contributed by atoms with Gasteiger partial charge in [0, 0.05) is 10.6 Å². The fourth-order valence-corrected chi connectivity index (χ4v) is 1.46. The Bertz CT molecular complexity index is 395. The summed E-state index contributed by atoms with van der Waals surface area (Å²) in [6.45, 7) is 1.66. The number of rotatable bonds is 4. The molecule has 0 aliphatic rings. The maximum Gasteiger partial charge on any atom is 0.105 e. The number of nitrogens with two attached hydrogens (primary N) is 1. The van der Waals surface area contributed by atoms with E-state index in [1.807, 2.05) is 6.92 Å². The fraction of sp³-hybridized carbons (Fsp3) is 0.400. The summed E-state index contributed by atoms with van der Waals surface area (Å²) in [4.78, 5) is 2.52. The number of hydrogen-bond donors (Lipinski definition) is 3. The average molecular weight is 222 g/mol. The molecular weight excluding hydrogens is 208 g/mol. The van der Waals surface area contributed by atoms with Crippen molar-refractivity contribution in [3.05, 3.63) is 39.8 Å². The number of nitrogens with zero attached hydrogens (tertiary/aromatic N) is 3. The summed E-state index contributed by atoms with van der Waals surface area (Å²) in [5.41, 5.74) is 15.6. The van der Waals surface area contributed by atoms with Crippen LogP contribution in [0.2, 0.25) is 0 Å². The Kier molecular flexibility index (Phi) is 4.13. The summed E-state index contributed by atoms with van der Waals surface area (Å²) in [5, 5.41) is 22.5. The number of aliphatic hydroxyl groups excluding tert-OH is 2. The molecule has 0 fully saturated rings. The van der Waals surface area contributed by atoms with E-state index in [4.69, 9.17) is 11.3 Å². The van der Waals surface area contributed by atoms with Crippen LogP contribution in [0.15, 0.2) is 23.3 Å². The molecule has 2 unspecified atom stereocenters. The summed E-state index contributed by atoms with van der Waals surface area (Å²) in [5.74, 6) is 0. The van der Waals surface area contributed by atoms with E-state index >= 15 is 0 Å². The Morgan fingerprint density at radius 1 is 1.44 bits per heavy atom. The highest BCUT2D eigenvalue weighted by Crippen LogP contribution is 2.21. The van der Waals surface area contributed by atoms with Crippen molar-refractivity contribution in [1.29, 1.82) is 0 Å². The molecule has 0 bridgehead atoms. The van der Waals surface area contributed by atoms with Crippen LogP contribution in [-0.2, 0) is 0 Å². The van der Waals surface area contributed by atoms with Gasteiger partial charge in [-0.05, 0) is 35.7 Å². The molecule has 86 valence electrons. The zero-order valence-corrected chi connectivity index (χ0v) is 8.91. The molecule has 1 rings (SSSR count). The number of hydrogen-bond acceptors (Lipinski definition) is 4. The first-order chi connectivity index (χ1) is 7.54. The second-order valence-electron chi connectivity index (χ2n) is 3.60. The van der Waals surface area contributed by atoms with Crippen molar-refractivity contribution in [1.82, 2.24) is 0 Å². The molecule has 4 N–H and O–H groups in total. The van der Waals surface area contributed by atoms with Gasteiger partial charge in [0.1, 0.15) is 6.10 Å². The number of aliphatic hydroxyl groups is 2. The van der Waals surface area contributed by atoms with Gasteiger partial charge in [-0.1, -0.05) is 11.2 Å². The smallest absolute Gasteiger partial charge is 0.105 e. The van der Waals surface area contributed by atoms with Crippen molar-refractivity contribution in [3.63, 3.8) is 0 Å². The normalized spacial score (nSPS) is 13.9. The van der Waals surface area contributed by atoms with Crippen LogP contribution in [0.4, 0.5) is 5.69 Å². The van der Waals surface area contributed by atoms with Gasteiger partial charge < -0.3 is 15.9 Å². The molecule has 0 aliphatic heterocycles. The first kappa shape index (κ1) is 12.3. The van der Waals surface area contributed by atoms with Crippen LogP contribution in [0, 0.1) is 6.92 Å². The molecular formula is C10H14N4O2. The zero-order valence-electron chi connectivity index (χ0n) is 8.91. The van der Waals surface area contributed by atoms with Crippen molar-refractivity contribution in [3.8, 4) is 0 Å². The van der Waals surface area contributed by atoms with Gasteiger partial charge >= 0.3 is 0 Å². The number of azide groups is 1. The molecule has 16 heavy (non-hydrogen) atoms. The Hall–Kier alpha value is -1.75. The minimum atomic E-state index is -1.13. The van der Waals surface area contributed by atoms with Crippen LogP contribution in [0.3, 0.4) is 0 Å². The third-order valence-corrected chi connectivity index (χ3v) is 2.16. The van der Waals surface area contributed by atoms with E-state index in [9.17, 15) is 10.2 Å². The van der Waals surface area contributed by atoms with Crippen molar-refractivity contribution in [2.75, 3.05) is 12.3 Å². The van der Waals surface area contributed by atoms with E-state index in [1.165, 1.54) is 0 Å². The standard InChI is InChI=1S/C10H14N4O2/c1-6-2-7(4-8(11)3-6)10(16)9(15)5-13-14-12/h2-4,9-10,15-16H,5,11H2,1H3. The van der Waals surface area contributed by atoms with E-state index in [2.05, 4.69) is 10.0 Å². The van der Waals surface area contributed by atoms with Crippen LogP contribution in [0.25, 0.3) is 10.4 Å². The summed E-state index contributed by atoms with van der Waals surface area (Å²) < 4.78 is 0. The molecule has 6 nitrogen and oxygen atoms in total. The molecule has 6 heteroatoms. The van der Waals surface area contributed by atoms with Gasteiger partial charge in [0.15, 0.2) is 0 Å². The first-order valence-corrected chi connectivity index (χ1v) is 4.78. The molecule has 0 radical (unpaired) electrons. The fourth-order valence-electron chi connectivity index (χ4n) is 1.46. The summed E-state index contributed by atoms with van der Waals surface area (Å²) in [7, 11) is 0. The predicted molar refractivity (Wildman–Crippen MR) is 60.6 cm³/mol. The second-order valence-corrected chi connectivity index (χ2v) is 3.60. The van der Waals surface area contributed by atoms with E-state index in [-0.39, 0.29) is 6.54 Å². The molecule has 0 aliphatic carbocycles. The predicted octanol–water partition coefficient (Wildman–Crippen LogP) is 1.28. The van der Waals surface area contributed by atoms with Crippen LogP contribution < -0.4 is 5.73 Å². The zero-order chi connectivity index (χ0) is 12.1. The SMILES string of the molecule is Cc1cc(N)cc(C(O)C(O)CN=[N+]=[N-])c1. The summed E-state index contributed by atoms with van der Waals surface area (Å²) in [6.07, 6.45) is -2.23. The van der Waals surface area contributed by atoms with Crippen LogP contribution in [0.5, 0.6) is 0 Å². The van der Waals surface area contributed by atoms with Gasteiger partial charge in [-0.25, -0.2) is 0 Å². The van der Waals surface area contributed by atoms with Gasteiger partial charge in [-0.2, -0.15) is 0 Å². The summed E-state index contributed by atoms with van der Waals surface area (Å²) >= 11 is 0. The minimum absolute atomic E-state index is 0.175. The third kappa shape index (κ3) is 3.13. The quantitative estimate of drug-likeness (QED) is 0.308. The van der Waals surface area contributed by atoms with Crippen molar-refractivity contribution in [2.45, 2.75) is 19.1 Å². The Labute approximate surface area is 93.0 Å². The second kappa shape index (κ2) is 5.37. The molecule has 1 aromatic rings. The highest BCUT2D eigenvalue weighted by Gasteiger charge is 2.17. The highest BCUT2D eigenvalue weighted by molar-refractivity contribution is 5.45. The van der Waals surface area contributed by atoms with Crippen LogP contribution in [0.1, 0.15) is 17.2 Å². The lowest BCUT2D eigenvalue weighted by molar-refractivity contribution is 0.0244. The molecule has 0 amide bonds. The molecule has 0 saturated heterocycles. The lowest BCUT2D eigenvalue weighted by Gasteiger charge is -2.17. The Morgan fingerprint density at radius 3 is 2.69 bits per heavy atom. The maximum absolute atomic E-state index is 9.78. The van der Waals surface area contributed by atoms with Crippen LogP contribution >= 0.6 is 0 Å². The monoisotopic (exact) mass is 222 g/mol. The van der Waals surface area contributed by atoms with E-state index < -0.39 is 12.2 Å². The Balaban J connectivity index is 2.86. The maximum atomic E-state index is 9.78. The van der Waals surface area contributed by atoms with E-state index in [1.54, 1.807) is 18.2 Å². The highest BCUT2D eigenvalue weighted by atomic mass is 16.3. The lowest BCUT2D eigenvalue weighted by atomic mass is 10.0. The number of aryl methyl sites for hydroxylation is 1. The molecule has 0 heterocycles. The Morgan fingerprint density at radius 2 is 2.12 bits per heavy atom. The topological polar surface area (TPSA) is 115 Å². The third-order valence-electron chi connectivity index (χ3n) is 2.16. The van der Waals surface area contributed by atoms with E-state index in [0.717, 1.165) is 5.56 Å².